The maximum atomic E-state index is 12.2. The zero-order valence-corrected chi connectivity index (χ0v) is 14.8. The van der Waals surface area contributed by atoms with Crippen LogP contribution in [0.1, 0.15) is 32.2 Å². The van der Waals surface area contributed by atoms with Crippen molar-refractivity contribution in [2.75, 3.05) is 6.54 Å². The van der Waals surface area contributed by atoms with Gasteiger partial charge in [0.05, 0.1) is 10.1 Å². The molecule has 9 heteroatoms. The van der Waals surface area contributed by atoms with Gasteiger partial charge in [0.25, 0.3) is 0 Å². The average molecular weight is 366 g/mol. The Morgan fingerprint density at radius 3 is 3.04 bits per heavy atom. The van der Waals surface area contributed by atoms with Gasteiger partial charge >= 0.3 is 5.97 Å². The van der Waals surface area contributed by atoms with E-state index < -0.39 is 12.0 Å². The minimum Gasteiger partial charge on any atom is -0.480 e. The first-order valence-electron chi connectivity index (χ1n) is 7.74. The highest BCUT2D eigenvalue weighted by molar-refractivity contribution is 8.00. The second-order valence-corrected chi connectivity index (χ2v) is 7.68. The van der Waals surface area contributed by atoms with Crippen molar-refractivity contribution in [3.05, 3.63) is 17.5 Å². The first kappa shape index (κ1) is 17.0. The molecular weight excluding hydrogens is 348 g/mol. The number of thiophene rings is 1. The molecule has 0 bridgehead atoms. The fourth-order valence-corrected chi connectivity index (χ4v) is 4.42. The molecule has 1 fully saturated rings. The summed E-state index contributed by atoms with van der Waals surface area (Å²) in [5.41, 5.74) is 0. The van der Waals surface area contributed by atoms with Gasteiger partial charge in [0, 0.05) is 6.54 Å². The van der Waals surface area contributed by atoms with E-state index in [9.17, 15) is 14.7 Å². The minimum absolute atomic E-state index is 0.0206. The highest BCUT2D eigenvalue weighted by Gasteiger charge is 2.29. The number of nitrogens with zero attached hydrogens (tertiary/aromatic N) is 3. The second-order valence-electron chi connectivity index (χ2n) is 5.56. The summed E-state index contributed by atoms with van der Waals surface area (Å²) in [4.78, 5) is 24.5. The summed E-state index contributed by atoms with van der Waals surface area (Å²) in [7, 11) is 0. The largest absolute Gasteiger partial charge is 0.480 e. The van der Waals surface area contributed by atoms with Crippen molar-refractivity contribution < 1.29 is 14.7 Å². The molecule has 0 aliphatic carbocycles. The lowest BCUT2D eigenvalue weighted by Crippen LogP contribution is -2.31. The van der Waals surface area contributed by atoms with E-state index in [4.69, 9.17) is 0 Å². The van der Waals surface area contributed by atoms with Gasteiger partial charge in [-0.25, -0.2) is 4.79 Å². The van der Waals surface area contributed by atoms with Crippen LogP contribution < -0.4 is 5.32 Å². The Kier molecular flexibility index (Phi) is 5.20. The number of hydrogen-bond acceptors (Lipinski definition) is 6. The van der Waals surface area contributed by atoms with Gasteiger partial charge in [-0.15, -0.1) is 21.5 Å². The van der Waals surface area contributed by atoms with E-state index in [1.807, 2.05) is 17.5 Å². The van der Waals surface area contributed by atoms with Gasteiger partial charge in [0.2, 0.25) is 5.91 Å². The van der Waals surface area contributed by atoms with Gasteiger partial charge in [-0.05, 0) is 31.2 Å². The molecule has 2 N–H and O–H groups in total. The van der Waals surface area contributed by atoms with E-state index in [0.29, 0.717) is 17.5 Å². The lowest BCUT2D eigenvalue weighted by molar-refractivity contribution is -0.140. The third-order valence-corrected chi connectivity index (χ3v) is 5.97. The first-order valence-corrected chi connectivity index (χ1v) is 9.50. The van der Waals surface area contributed by atoms with Crippen LogP contribution in [0.5, 0.6) is 0 Å². The molecule has 3 heterocycles. The van der Waals surface area contributed by atoms with Crippen molar-refractivity contribution in [2.45, 2.75) is 42.6 Å². The molecule has 1 aliphatic rings. The quantitative estimate of drug-likeness (QED) is 0.843. The van der Waals surface area contributed by atoms with Crippen molar-refractivity contribution in [1.29, 1.82) is 0 Å². The third-order valence-electron chi connectivity index (χ3n) is 3.88. The summed E-state index contributed by atoms with van der Waals surface area (Å²) in [6.07, 6.45) is 2.66. The number of thioether (sulfide) groups is 1. The number of carboxylic acids is 1. The molecule has 2 atom stereocenters. The smallest absolute Gasteiger partial charge is 0.326 e. The molecule has 2 aromatic heterocycles. The number of aliphatic carboxylic acids is 1. The summed E-state index contributed by atoms with van der Waals surface area (Å²) < 4.78 is 1.61. The van der Waals surface area contributed by atoms with Crippen LogP contribution in [-0.2, 0) is 9.59 Å². The van der Waals surface area contributed by atoms with Crippen molar-refractivity contribution in [1.82, 2.24) is 20.1 Å². The van der Waals surface area contributed by atoms with Crippen molar-refractivity contribution in [3.8, 4) is 10.7 Å². The van der Waals surface area contributed by atoms with Crippen LogP contribution in [0.15, 0.2) is 22.7 Å². The Bertz CT molecular complexity index is 729. The first-order chi connectivity index (χ1) is 11.6. The topological polar surface area (TPSA) is 97.1 Å². The molecule has 1 aliphatic heterocycles. The van der Waals surface area contributed by atoms with E-state index in [1.165, 1.54) is 23.1 Å². The Morgan fingerprint density at radius 1 is 1.50 bits per heavy atom. The lowest BCUT2D eigenvalue weighted by atomic mass is 10.2. The van der Waals surface area contributed by atoms with Gasteiger partial charge in [-0.2, -0.15) is 0 Å². The van der Waals surface area contributed by atoms with Crippen LogP contribution in [-0.4, -0.2) is 43.5 Å². The van der Waals surface area contributed by atoms with Crippen molar-refractivity contribution in [3.63, 3.8) is 0 Å². The highest BCUT2D eigenvalue weighted by atomic mass is 32.2. The Hall–Kier alpha value is -1.87. The van der Waals surface area contributed by atoms with E-state index >= 15 is 0 Å². The van der Waals surface area contributed by atoms with Crippen molar-refractivity contribution in [2.24, 2.45) is 0 Å². The van der Waals surface area contributed by atoms with E-state index in [2.05, 4.69) is 15.5 Å². The normalized spacial score (nSPS) is 19.5. The zero-order chi connectivity index (χ0) is 17.1. The SMILES string of the molecule is C[C@H](C(=O)O)n1c(S[C@H]2CCCCNC2=O)nnc1-c1cccs1. The summed E-state index contributed by atoms with van der Waals surface area (Å²) >= 11 is 2.77. The number of rotatable bonds is 5. The predicted octanol–water partition coefficient (Wildman–Crippen LogP) is 2.41. The molecular formula is C15H18N4O3S2. The standard InChI is InChI=1S/C15H18N4O3S2/c1-9(14(21)22)19-12(10-6-4-8-23-10)17-18-15(19)24-11-5-2-3-7-16-13(11)20/h4,6,8-9,11H,2-3,5,7H2,1H3,(H,16,20)(H,21,22)/t9-,11+/m1/s1. The third kappa shape index (κ3) is 3.46. The molecule has 1 saturated heterocycles. The summed E-state index contributed by atoms with van der Waals surface area (Å²) in [5.74, 6) is -0.455. The molecule has 3 rings (SSSR count). The fourth-order valence-electron chi connectivity index (χ4n) is 2.54. The molecule has 0 unspecified atom stereocenters. The van der Waals surface area contributed by atoms with Crippen LogP contribution >= 0.6 is 23.1 Å². The van der Waals surface area contributed by atoms with Crippen LogP contribution in [0.4, 0.5) is 0 Å². The molecule has 0 saturated carbocycles. The molecule has 0 spiro atoms. The van der Waals surface area contributed by atoms with Crippen LogP contribution in [0, 0.1) is 0 Å². The number of carbonyl (C=O) groups is 2. The lowest BCUT2D eigenvalue weighted by Gasteiger charge is -2.16. The maximum absolute atomic E-state index is 12.2. The maximum Gasteiger partial charge on any atom is 0.326 e. The van der Waals surface area contributed by atoms with Gasteiger partial charge in [0.15, 0.2) is 11.0 Å². The van der Waals surface area contributed by atoms with E-state index in [1.54, 1.807) is 11.5 Å². The fraction of sp³-hybridized carbons (Fsp3) is 0.467. The van der Waals surface area contributed by atoms with Crippen LogP contribution in [0.2, 0.25) is 0 Å². The predicted molar refractivity (Wildman–Crippen MR) is 92.2 cm³/mol. The summed E-state index contributed by atoms with van der Waals surface area (Å²) in [6, 6.07) is 2.95. The van der Waals surface area contributed by atoms with Crippen molar-refractivity contribution >= 4 is 35.0 Å². The number of carboxylic acid groups (broad SMARTS) is 1. The van der Waals surface area contributed by atoms with E-state index in [0.717, 1.165) is 24.1 Å². The molecule has 24 heavy (non-hydrogen) atoms. The summed E-state index contributed by atoms with van der Waals surface area (Å²) in [5, 5.41) is 22.8. The molecule has 7 nitrogen and oxygen atoms in total. The van der Waals surface area contributed by atoms with Gasteiger partial charge in [0.1, 0.15) is 6.04 Å². The Balaban J connectivity index is 1.95. The van der Waals surface area contributed by atoms with E-state index in [-0.39, 0.29) is 11.2 Å². The Morgan fingerprint density at radius 2 is 2.33 bits per heavy atom. The second kappa shape index (κ2) is 7.35. The molecule has 1 amide bonds. The number of amides is 1. The molecule has 0 radical (unpaired) electrons. The number of aromatic nitrogens is 3. The number of hydrogen-bond donors (Lipinski definition) is 2. The molecule has 128 valence electrons. The molecule has 2 aromatic rings. The highest BCUT2D eigenvalue weighted by Crippen LogP contribution is 2.33. The summed E-state index contributed by atoms with van der Waals surface area (Å²) in [6.45, 7) is 2.29. The van der Waals surface area contributed by atoms with Crippen LogP contribution in [0.3, 0.4) is 0 Å². The van der Waals surface area contributed by atoms with Gasteiger partial charge < -0.3 is 10.4 Å². The Labute approximate surface area is 147 Å². The zero-order valence-electron chi connectivity index (χ0n) is 13.1. The average Bonchev–Trinajstić information content (AvgIpc) is 3.17. The van der Waals surface area contributed by atoms with Crippen LogP contribution in [0.25, 0.3) is 10.7 Å². The number of nitrogens with one attached hydrogen (secondary N) is 1. The number of carbonyl (C=O) groups excluding carboxylic acids is 1. The minimum atomic E-state index is -0.959. The van der Waals surface area contributed by atoms with Gasteiger partial charge in [-0.3, -0.25) is 9.36 Å². The monoisotopic (exact) mass is 366 g/mol. The molecule has 0 aromatic carbocycles. The van der Waals surface area contributed by atoms with Gasteiger partial charge in [-0.1, -0.05) is 24.2 Å².